The number of nitrogens with two attached hydrogens (primary N) is 1. The Bertz CT molecular complexity index is 480. The van der Waals surface area contributed by atoms with E-state index in [-0.39, 0.29) is 6.10 Å². The molecular weight excluding hydrogens is 232 g/mol. The van der Waals surface area contributed by atoms with Crippen LogP contribution in [-0.2, 0) is 0 Å². The van der Waals surface area contributed by atoms with Crippen LogP contribution < -0.4 is 15.8 Å². The third-order valence-electron chi connectivity index (χ3n) is 2.23. The van der Waals surface area contributed by atoms with Crippen molar-refractivity contribution >= 4 is 28.4 Å². The topological polar surface area (TPSA) is 47.3 Å². The number of nitrogen functional groups attached to an aromatic ring is 1. The van der Waals surface area contributed by atoms with Gasteiger partial charge in [0, 0.05) is 11.1 Å². The van der Waals surface area contributed by atoms with Crippen molar-refractivity contribution in [2.75, 3.05) is 11.1 Å². The van der Waals surface area contributed by atoms with Gasteiger partial charge in [-0.15, -0.1) is 0 Å². The molecule has 0 saturated carbocycles. The van der Waals surface area contributed by atoms with E-state index >= 15 is 0 Å². The van der Waals surface area contributed by atoms with E-state index in [0.29, 0.717) is 5.69 Å². The highest BCUT2D eigenvalue weighted by Gasteiger charge is 2.07. The van der Waals surface area contributed by atoms with Crippen LogP contribution in [0.5, 0.6) is 5.75 Å². The molecule has 0 bridgehead atoms. The smallest absolute Gasteiger partial charge is 0.144 e. The molecule has 0 aliphatic heterocycles. The summed E-state index contributed by atoms with van der Waals surface area (Å²) in [6.45, 7) is 3.97. The van der Waals surface area contributed by atoms with E-state index in [9.17, 15) is 0 Å². The van der Waals surface area contributed by atoms with Gasteiger partial charge in [0.25, 0.3) is 0 Å². The fraction of sp³-hybridized carbons (Fsp3) is 0.231. The van der Waals surface area contributed by atoms with Crippen LogP contribution in [-0.4, -0.2) is 6.10 Å². The monoisotopic (exact) mass is 248 g/mol. The first kappa shape index (κ1) is 11.8. The molecule has 2 aromatic rings. The zero-order chi connectivity index (χ0) is 12.3. The number of para-hydroxylation sites is 1. The molecule has 1 aromatic carbocycles. The van der Waals surface area contributed by atoms with E-state index in [1.54, 1.807) is 11.3 Å². The van der Waals surface area contributed by atoms with E-state index in [1.807, 2.05) is 48.9 Å². The first-order valence-electron chi connectivity index (χ1n) is 5.51. The van der Waals surface area contributed by atoms with Gasteiger partial charge in [0.15, 0.2) is 0 Å². The average Bonchev–Trinajstić information content (AvgIpc) is 2.76. The van der Waals surface area contributed by atoms with Crippen molar-refractivity contribution in [2.45, 2.75) is 20.0 Å². The van der Waals surface area contributed by atoms with Gasteiger partial charge in [-0.3, -0.25) is 0 Å². The molecule has 4 heteroatoms. The standard InChI is InChI=1S/C13H16N2OS/c1-9(2)16-12-5-3-4-11(13(12)14)15-10-6-7-17-8-10/h3-9,15H,14H2,1-2H3. The lowest BCUT2D eigenvalue weighted by atomic mass is 10.2. The molecule has 17 heavy (non-hydrogen) atoms. The fourth-order valence-corrected chi connectivity index (χ4v) is 2.09. The summed E-state index contributed by atoms with van der Waals surface area (Å²) in [6.07, 6.45) is 0.119. The molecule has 0 atom stereocenters. The lowest BCUT2D eigenvalue weighted by Gasteiger charge is -2.15. The van der Waals surface area contributed by atoms with E-state index in [1.165, 1.54) is 0 Å². The van der Waals surface area contributed by atoms with Crippen molar-refractivity contribution in [3.05, 3.63) is 35.0 Å². The average molecular weight is 248 g/mol. The number of hydrogen-bond acceptors (Lipinski definition) is 4. The summed E-state index contributed by atoms with van der Waals surface area (Å²) in [5.41, 5.74) is 8.63. The van der Waals surface area contributed by atoms with Gasteiger partial charge in [-0.2, -0.15) is 11.3 Å². The number of ether oxygens (including phenoxy) is 1. The van der Waals surface area contributed by atoms with Gasteiger partial charge in [0.2, 0.25) is 0 Å². The summed E-state index contributed by atoms with van der Waals surface area (Å²) in [5.74, 6) is 0.722. The minimum Gasteiger partial charge on any atom is -0.489 e. The van der Waals surface area contributed by atoms with Crippen molar-refractivity contribution < 1.29 is 4.74 Å². The molecule has 0 amide bonds. The number of thiophene rings is 1. The third kappa shape index (κ3) is 2.91. The summed E-state index contributed by atoms with van der Waals surface area (Å²) in [5, 5.41) is 7.33. The van der Waals surface area contributed by atoms with E-state index in [4.69, 9.17) is 10.5 Å². The Morgan fingerprint density at radius 3 is 2.76 bits per heavy atom. The molecule has 0 radical (unpaired) electrons. The maximum Gasteiger partial charge on any atom is 0.144 e. The summed E-state index contributed by atoms with van der Waals surface area (Å²) < 4.78 is 5.64. The van der Waals surface area contributed by atoms with Crippen LogP contribution in [0.2, 0.25) is 0 Å². The van der Waals surface area contributed by atoms with Gasteiger partial charge < -0.3 is 15.8 Å². The Morgan fingerprint density at radius 2 is 2.12 bits per heavy atom. The normalized spacial score (nSPS) is 10.5. The van der Waals surface area contributed by atoms with Crippen LogP contribution in [0.1, 0.15) is 13.8 Å². The molecule has 0 fully saturated rings. The van der Waals surface area contributed by atoms with Crippen LogP contribution >= 0.6 is 11.3 Å². The molecule has 0 saturated heterocycles. The Morgan fingerprint density at radius 1 is 1.29 bits per heavy atom. The number of hydrogen-bond donors (Lipinski definition) is 2. The Kier molecular flexibility index (Phi) is 3.54. The third-order valence-corrected chi connectivity index (χ3v) is 2.91. The molecule has 1 aromatic heterocycles. The minimum absolute atomic E-state index is 0.119. The van der Waals surface area contributed by atoms with Gasteiger partial charge >= 0.3 is 0 Å². The molecule has 90 valence electrons. The summed E-state index contributed by atoms with van der Waals surface area (Å²) in [7, 11) is 0. The van der Waals surface area contributed by atoms with E-state index in [2.05, 4.69) is 5.32 Å². The SMILES string of the molecule is CC(C)Oc1cccc(Nc2ccsc2)c1N. The molecule has 2 rings (SSSR count). The number of nitrogens with one attached hydrogen (secondary N) is 1. The second kappa shape index (κ2) is 5.10. The number of benzene rings is 1. The van der Waals surface area contributed by atoms with Gasteiger partial charge in [-0.05, 0) is 37.4 Å². The number of anilines is 3. The Labute approximate surface area is 105 Å². The second-order valence-electron chi connectivity index (χ2n) is 4.02. The summed E-state index contributed by atoms with van der Waals surface area (Å²) >= 11 is 1.64. The zero-order valence-corrected chi connectivity index (χ0v) is 10.8. The Balaban J connectivity index is 2.23. The van der Waals surface area contributed by atoms with Crippen molar-refractivity contribution in [1.29, 1.82) is 0 Å². The van der Waals surface area contributed by atoms with Crippen LogP contribution in [0, 0.1) is 0 Å². The summed E-state index contributed by atoms with van der Waals surface area (Å²) in [6, 6.07) is 7.77. The zero-order valence-electron chi connectivity index (χ0n) is 9.94. The fourth-order valence-electron chi connectivity index (χ4n) is 1.50. The largest absolute Gasteiger partial charge is 0.489 e. The van der Waals surface area contributed by atoms with Gasteiger partial charge in [-0.25, -0.2) is 0 Å². The highest BCUT2D eigenvalue weighted by molar-refractivity contribution is 7.08. The molecule has 3 nitrogen and oxygen atoms in total. The molecule has 0 spiro atoms. The van der Waals surface area contributed by atoms with Gasteiger partial charge in [0.05, 0.1) is 17.5 Å². The van der Waals surface area contributed by atoms with E-state index in [0.717, 1.165) is 17.1 Å². The van der Waals surface area contributed by atoms with Crippen LogP contribution in [0.15, 0.2) is 35.0 Å². The predicted octanol–water partition coefficient (Wildman–Crippen LogP) is 3.86. The first-order chi connectivity index (χ1) is 8.16. The lowest BCUT2D eigenvalue weighted by Crippen LogP contribution is -2.08. The van der Waals surface area contributed by atoms with E-state index < -0.39 is 0 Å². The second-order valence-corrected chi connectivity index (χ2v) is 4.80. The molecule has 0 aliphatic carbocycles. The molecule has 0 aliphatic rings. The summed E-state index contributed by atoms with van der Waals surface area (Å²) in [4.78, 5) is 0. The van der Waals surface area contributed by atoms with Crippen LogP contribution in [0.4, 0.5) is 17.1 Å². The van der Waals surface area contributed by atoms with Crippen LogP contribution in [0.25, 0.3) is 0 Å². The van der Waals surface area contributed by atoms with Crippen molar-refractivity contribution in [1.82, 2.24) is 0 Å². The maximum atomic E-state index is 6.06. The Hall–Kier alpha value is -1.68. The predicted molar refractivity (Wildman–Crippen MR) is 74.2 cm³/mol. The maximum absolute atomic E-state index is 6.06. The lowest BCUT2D eigenvalue weighted by molar-refractivity contribution is 0.244. The van der Waals surface area contributed by atoms with Gasteiger partial charge in [-0.1, -0.05) is 6.07 Å². The van der Waals surface area contributed by atoms with Crippen molar-refractivity contribution in [2.24, 2.45) is 0 Å². The highest BCUT2D eigenvalue weighted by atomic mass is 32.1. The quantitative estimate of drug-likeness (QED) is 0.808. The number of rotatable bonds is 4. The molecule has 1 heterocycles. The van der Waals surface area contributed by atoms with Crippen molar-refractivity contribution in [3.63, 3.8) is 0 Å². The molecular formula is C13H16N2OS. The highest BCUT2D eigenvalue weighted by Crippen LogP contribution is 2.32. The van der Waals surface area contributed by atoms with Crippen LogP contribution in [0.3, 0.4) is 0 Å². The minimum atomic E-state index is 0.119. The first-order valence-corrected chi connectivity index (χ1v) is 6.45. The molecule has 0 unspecified atom stereocenters. The van der Waals surface area contributed by atoms with Crippen molar-refractivity contribution in [3.8, 4) is 5.75 Å². The van der Waals surface area contributed by atoms with Gasteiger partial charge in [0.1, 0.15) is 5.75 Å². The molecule has 3 N–H and O–H groups in total.